The zero-order valence-electron chi connectivity index (χ0n) is 13.6. The molecule has 1 saturated carbocycles. The number of hydrogen-bond acceptors (Lipinski definition) is 4. The first kappa shape index (κ1) is 17.1. The maximum atomic E-state index is 14.5. The Balaban J connectivity index is 2.07. The van der Waals surface area contributed by atoms with E-state index < -0.39 is 17.5 Å². The molecule has 0 spiro atoms. The van der Waals surface area contributed by atoms with Gasteiger partial charge in [0.15, 0.2) is 0 Å². The zero-order valence-corrected chi connectivity index (χ0v) is 14.4. The second-order valence-corrected chi connectivity index (χ2v) is 6.76. The van der Waals surface area contributed by atoms with Gasteiger partial charge in [0.1, 0.15) is 34.4 Å². The largest absolute Gasteiger partial charge is 0.231 e. The average molecular weight is 379 g/mol. The van der Waals surface area contributed by atoms with Crippen LogP contribution in [0.25, 0.3) is 22.3 Å². The Labute approximate surface area is 152 Å². The summed E-state index contributed by atoms with van der Waals surface area (Å²) in [4.78, 5) is 8.36. The maximum absolute atomic E-state index is 14.5. The summed E-state index contributed by atoms with van der Waals surface area (Å²) in [6, 6.07) is 1.28. The Hall–Kier alpha value is -2.28. The summed E-state index contributed by atoms with van der Waals surface area (Å²) in [5, 5.41) is 7.55. The minimum Gasteiger partial charge on any atom is -0.231 e. The molecule has 4 nitrogen and oxygen atoms in total. The van der Waals surface area contributed by atoms with E-state index in [9.17, 15) is 13.2 Å². The lowest BCUT2D eigenvalue weighted by molar-refractivity contribution is 0.445. The van der Waals surface area contributed by atoms with E-state index >= 15 is 0 Å². The molecular formula is C18H14ClF3N4. The van der Waals surface area contributed by atoms with Crippen LogP contribution >= 0.6 is 11.6 Å². The third-order valence-electron chi connectivity index (χ3n) is 4.81. The molecule has 1 aliphatic carbocycles. The number of rotatable bonds is 2. The number of pyridine rings is 1. The van der Waals surface area contributed by atoms with E-state index in [1.807, 2.05) is 0 Å². The number of halogens is 4. The highest BCUT2D eigenvalue weighted by Crippen LogP contribution is 2.44. The van der Waals surface area contributed by atoms with Crippen molar-refractivity contribution in [1.82, 2.24) is 20.2 Å². The van der Waals surface area contributed by atoms with E-state index in [-0.39, 0.29) is 27.8 Å². The second-order valence-electron chi connectivity index (χ2n) is 6.40. The molecule has 0 bridgehead atoms. The van der Waals surface area contributed by atoms with Gasteiger partial charge >= 0.3 is 0 Å². The van der Waals surface area contributed by atoms with Crippen molar-refractivity contribution < 1.29 is 13.2 Å². The lowest BCUT2D eigenvalue weighted by Gasteiger charge is -2.25. The van der Waals surface area contributed by atoms with Crippen molar-refractivity contribution in [2.45, 2.75) is 38.0 Å². The highest BCUT2D eigenvalue weighted by molar-refractivity contribution is 6.33. The molecule has 0 radical (unpaired) electrons. The molecule has 8 heteroatoms. The minimum absolute atomic E-state index is 0.0160. The summed E-state index contributed by atoms with van der Waals surface area (Å²) in [5.74, 6) is -3.02. The summed E-state index contributed by atoms with van der Waals surface area (Å²) in [6.07, 6.45) is 6.06. The number of aromatic nitrogens is 4. The van der Waals surface area contributed by atoms with Crippen LogP contribution in [0.3, 0.4) is 0 Å². The van der Waals surface area contributed by atoms with Crippen LogP contribution in [0.1, 0.15) is 43.6 Å². The number of hydrogen-bond donors (Lipinski definition) is 0. The van der Waals surface area contributed by atoms with Gasteiger partial charge in [0, 0.05) is 17.7 Å². The van der Waals surface area contributed by atoms with Crippen LogP contribution < -0.4 is 0 Å². The predicted molar refractivity (Wildman–Crippen MR) is 91.3 cm³/mol. The van der Waals surface area contributed by atoms with Crippen molar-refractivity contribution in [2.24, 2.45) is 0 Å². The smallest absolute Gasteiger partial charge is 0.202 e. The molecule has 2 aromatic heterocycles. The SMILES string of the molecule is Fc1cc(F)c(-c2c(Cl)nc3nncnc3c2C2CCCCC2)c(F)c1. The molecule has 1 aliphatic rings. The summed E-state index contributed by atoms with van der Waals surface area (Å²) in [5.41, 5.74) is 1.00. The van der Waals surface area contributed by atoms with Crippen LogP contribution in [-0.2, 0) is 0 Å². The van der Waals surface area contributed by atoms with E-state index in [1.165, 1.54) is 6.33 Å². The first-order chi connectivity index (χ1) is 12.6. The molecule has 0 atom stereocenters. The van der Waals surface area contributed by atoms with E-state index in [2.05, 4.69) is 20.2 Å². The molecule has 134 valence electrons. The van der Waals surface area contributed by atoms with Crippen LogP contribution in [0, 0.1) is 17.5 Å². The molecule has 0 amide bonds. The maximum Gasteiger partial charge on any atom is 0.202 e. The Kier molecular flexibility index (Phi) is 4.48. The summed E-state index contributed by atoms with van der Waals surface area (Å²) < 4.78 is 42.4. The molecule has 0 saturated heterocycles. The molecule has 0 unspecified atom stereocenters. The zero-order chi connectivity index (χ0) is 18.3. The van der Waals surface area contributed by atoms with Crippen molar-refractivity contribution in [1.29, 1.82) is 0 Å². The summed E-state index contributed by atoms with van der Waals surface area (Å²) in [7, 11) is 0. The number of nitrogens with zero attached hydrogens (tertiary/aromatic N) is 4. The molecule has 1 fully saturated rings. The van der Waals surface area contributed by atoms with Gasteiger partial charge in [0.2, 0.25) is 5.65 Å². The van der Waals surface area contributed by atoms with Crippen LogP contribution in [-0.4, -0.2) is 20.2 Å². The Morgan fingerprint density at radius 1 is 0.962 bits per heavy atom. The van der Waals surface area contributed by atoms with Gasteiger partial charge in [-0.2, -0.15) is 0 Å². The van der Waals surface area contributed by atoms with E-state index in [0.717, 1.165) is 32.1 Å². The van der Waals surface area contributed by atoms with Gasteiger partial charge in [-0.25, -0.2) is 23.1 Å². The van der Waals surface area contributed by atoms with E-state index in [4.69, 9.17) is 11.6 Å². The number of benzene rings is 1. The summed E-state index contributed by atoms with van der Waals surface area (Å²) >= 11 is 6.31. The number of fused-ring (bicyclic) bond motifs is 1. The van der Waals surface area contributed by atoms with E-state index in [0.29, 0.717) is 23.2 Å². The fourth-order valence-electron chi connectivity index (χ4n) is 3.72. The first-order valence-corrected chi connectivity index (χ1v) is 8.75. The van der Waals surface area contributed by atoms with Gasteiger partial charge in [0.25, 0.3) is 0 Å². The highest BCUT2D eigenvalue weighted by atomic mass is 35.5. The van der Waals surface area contributed by atoms with Gasteiger partial charge < -0.3 is 0 Å². The standard InChI is InChI=1S/C18H14ClF3N4/c19-17-15(14-11(21)6-10(20)7-12(14)22)13(9-4-2-1-3-5-9)16-18(25-17)26-24-8-23-16/h6-9H,1-5H2. The molecule has 26 heavy (non-hydrogen) atoms. The molecule has 4 rings (SSSR count). The monoisotopic (exact) mass is 378 g/mol. The van der Waals surface area contributed by atoms with Crippen LogP contribution in [0.5, 0.6) is 0 Å². The molecular weight excluding hydrogens is 365 g/mol. The summed E-state index contributed by atoms with van der Waals surface area (Å²) in [6.45, 7) is 0. The quantitative estimate of drug-likeness (QED) is 0.575. The van der Waals surface area contributed by atoms with E-state index in [1.54, 1.807) is 0 Å². The van der Waals surface area contributed by atoms with Crippen molar-refractivity contribution in [3.05, 3.63) is 46.6 Å². The Bertz CT molecular complexity index is 967. The van der Waals surface area contributed by atoms with Crippen LogP contribution in [0.4, 0.5) is 13.2 Å². The molecule has 0 aliphatic heterocycles. The lowest BCUT2D eigenvalue weighted by Crippen LogP contribution is -2.11. The van der Waals surface area contributed by atoms with Gasteiger partial charge in [-0.15, -0.1) is 10.2 Å². The lowest BCUT2D eigenvalue weighted by atomic mass is 9.80. The van der Waals surface area contributed by atoms with Gasteiger partial charge in [-0.1, -0.05) is 30.9 Å². The molecule has 0 N–H and O–H groups in total. The average Bonchev–Trinajstić information content (AvgIpc) is 2.62. The van der Waals surface area contributed by atoms with Gasteiger partial charge in [-0.3, -0.25) is 0 Å². The van der Waals surface area contributed by atoms with Gasteiger partial charge in [-0.05, 0) is 24.3 Å². The fraction of sp³-hybridized carbons (Fsp3) is 0.333. The van der Waals surface area contributed by atoms with Crippen LogP contribution in [0.15, 0.2) is 18.5 Å². The third kappa shape index (κ3) is 2.90. The molecule has 3 aromatic rings. The second kappa shape index (κ2) is 6.79. The highest BCUT2D eigenvalue weighted by Gasteiger charge is 2.29. The fourth-order valence-corrected chi connectivity index (χ4v) is 4.00. The van der Waals surface area contributed by atoms with Crippen LogP contribution in [0.2, 0.25) is 5.15 Å². The Morgan fingerprint density at radius 3 is 2.35 bits per heavy atom. The molecule has 2 heterocycles. The molecule has 1 aromatic carbocycles. The minimum atomic E-state index is -1.02. The predicted octanol–water partition coefficient (Wildman–Crippen LogP) is 5.21. The Morgan fingerprint density at radius 2 is 1.65 bits per heavy atom. The van der Waals surface area contributed by atoms with Crippen molar-refractivity contribution in [2.75, 3.05) is 0 Å². The van der Waals surface area contributed by atoms with Gasteiger partial charge in [0.05, 0.1) is 5.56 Å². The van der Waals surface area contributed by atoms with Crippen molar-refractivity contribution in [3.8, 4) is 11.1 Å². The van der Waals surface area contributed by atoms with Crippen molar-refractivity contribution in [3.63, 3.8) is 0 Å². The van der Waals surface area contributed by atoms with Crippen molar-refractivity contribution >= 4 is 22.8 Å². The first-order valence-electron chi connectivity index (χ1n) is 8.38. The topological polar surface area (TPSA) is 51.6 Å². The third-order valence-corrected chi connectivity index (χ3v) is 5.08. The normalized spacial score (nSPS) is 15.5.